The van der Waals surface area contributed by atoms with Crippen LogP contribution in [0.1, 0.15) is 18.4 Å². The molecular formula is C15H16F3NO5. The van der Waals surface area contributed by atoms with Crippen molar-refractivity contribution in [3.05, 3.63) is 23.8 Å². The highest BCUT2D eigenvalue weighted by atomic mass is 19.4. The summed E-state index contributed by atoms with van der Waals surface area (Å²) in [7, 11) is 0. The van der Waals surface area contributed by atoms with E-state index in [4.69, 9.17) is 14.6 Å². The van der Waals surface area contributed by atoms with Gasteiger partial charge >= 0.3 is 12.1 Å². The number of halogens is 3. The fourth-order valence-electron chi connectivity index (χ4n) is 2.24. The molecule has 0 aromatic heterocycles. The molecule has 1 saturated heterocycles. The van der Waals surface area contributed by atoms with Gasteiger partial charge in [0.2, 0.25) is 0 Å². The number of carboxylic acid groups (broad SMARTS) is 1. The van der Waals surface area contributed by atoms with Gasteiger partial charge in [-0.3, -0.25) is 4.79 Å². The highest BCUT2D eigenvalue weighted by molar-refractivity contribution is 5.96. The van der Waals surface area contributed by atoms with Crippen molar-refractivity contribution in [2.45, 2.75) is 38.1 Å². The fourth-order valence-corrected chi connectivity index (χ4v) is 2.24. The number of anilines is 1. The number of nitrogens with one attached hydrogen (secondary N) is 1. The van der Waals surface area contributed by atoms with Crippen LogP contribution in [0.25, 0.3) is 0 Å². The molecule has 0 unspecified atom stereocenters. The summed E-state index contributed by atoms with van der Waals surface area (Å²) in [6.07, 6.45) is -6.12. The number of carboxylic acids is 1. The second-order valence-electron chi connectivity index (χ2n) is 5.42. The minimum Gasteiger partial charge on any atom is -0.482 e. The third-order valence-electron chi connectivity index (χ3n) is 3.37. The van der Waals surface area contributed by atoms with Gasteiger partial charge < -0.3 is 19.9 Å². The van der Waals surface area contributed by atoms with E-state index in [0.717, 1.165) is 0 Å². The van der Waals surface area contributed by atoms with Gasteiger partial charge in [0.1, 0.15) is 11.9 Å². The molecular weight excluding hydrogens is 331 g/mol. The van der Waals surface area contributed by atoms with Crippen LogP contribution < -0.4 is 10.1 Å². The predicted molar refractivity (Wildman–Crippen MR) is 76.9 cm³/mol. The Morgan fingerprint density at radius 1 is 1.33 bits per heavy atom. The maximum absolute atomic E-state index is 12.3. The lowest BCUT2D eigenvalue weighted by Gasteiger charge is -2.16. The summed E-state index contributed by atoms with van der Waals surface area (Å²) in [5.74, 6) is -1.90. The fraction of sp³-hybridized carbons (Fsp3) is 0.467. The summed E-state index contributed by atoms with van der Waals surface area (Å²) in [4.78, 5) is 22.9. The number of rotatable bonds is 5. The Hall–Kier alpha value is -2.29. The number of aliphatic carboxylic acids is 1. The van der Waals surface area contributed by atoms with Crippen LogP contribution >= 0.6 is 0 Å². The van der Waals surface area contributed by atoms with Crippen molar-refractivity contribution in [1.29, 1.82) is 0 Å². The van der Waals surface area contributed by atoms with Crippen LogP contribution in [0.4, 0.5) is 18.9 Å². The molecule has 0 bridgehead atoms. The van der Waals surface area contributed by atoms with E-state index >= 15 is 0 Å². The first-order chi connectivity index (χ1) is 11.2. The Kier molecular flexibility index (Phi) is 5.33. The summed E-state index contributed by atoms with van der Waals surface area (Å²) < 4.78 is 46.8. The standard InChI is InChI=1S/C15H16F3NO5/c1-8-2-3-9(12(6-8)23-7-15(16,17)18)19-13(20)10-4-5-11(24-10)14(21)22/h2-3,6,10-11H,4-5,7H2,1H3,(H,19,20)(H,21,22)/t10-,11+/m0/s1. The Balaban J connectivity index is 2.06. The van der Waals surface area contributed by atoms with Crippen molar-refractivity contribution in [1.82, 2.24) is 0 Å². The van der Waals surface area contributed by atoms with E-state index in [2.05, 4.69) is 5.32 Å². The van der Waals surface area contributed by atoms with Crippen molar-refractivity contribution < 1.29 is 37.3 Å². The molecule has 1 aliphatic rings. The molecule has 6 nitrogen and oxygen atoms in total. The molecule has 1 fully saturated rings. The van der Waals surface area contributed by atoms with Crippen LogP contribution in [0.5, 0.6) is 5.75 Å². The SMILES string of the molecule is Cc1ccc(NC(=O)[C@@H]2CC[C@H](C(=O)O)O2)c(OCC(F)(F)F)c1. The predicted octanol–water partition coefficient (Wildman–Crippen LogP) is 2.51. The van der Waals surface area contributed by atoms with Gasteiger partial charge in [-0.05, 0) is 37.5 Å². The van der Waals surface area contributed by atoms with E-state index in [0.29, 0.717) is 5.56 Å². The number of benzene rings is 1. The molecule has 1 aromatic carbocycles. The molecule has 0 radical (unpaired) electrons. The molecule has 9 heteroatoms. The highest BCUT2D eigenvalue weighted by Crippen LogP contribution is 2.29. The second-order valence-corrected chi connectivity index (χ2v) is 5.42. The number of ether oxygens (including phenoxy) is 2. The van der Waals surface area contributed by atoms with Gasteiger partial charge in [-0.1, -0.05) is 6.07 Å². The minimum absolute atomic E-state index is 0.0669. The Morgan fingerprint density at radius 3 is 2.58 bits per heavy atom. The van der Waals surface area contributed by atoms with Gasteiger partial charge in [0.25, 0.3) is 5.91 Å². The van der Waals surface area contributed by atoms with Gasteiger partial charge in [-0.15, -0.1) is 0 Å². The first-order valence-corrected chi connectivity index (χ1v) is 7.15. The molecule has 1 heterocycles. The summed E-state index contributed by atoms with van der Waals surface area (Å²) >= 11 is 0. The molecule has 0 spiro atoms. The van der Waals surface area contributed by atoms with Crippen LogP contribution in [0.3, 0.4) is 0 Å². The lowest BCUT2D eigenvalue weighted by molar-refractivity contribution is -0.153. The summed E-state index contributed by atoms with van der Waals surface area (Å²) in [6.45, 7) is 0.184. The third-order valence-corrected chi connectivity index (χ3v) is 3.37. The number of hydrogen-bond acceptors (Lipinski definition) is 4. The van der Waals surface area contributed by atoms with Crippen LogP contribution in [-0.4, -0.2) is 42.0 Å². The van der Waals surface area contributed by atoms with Crippen LogP contribution in [-0.2, 0) is 14.3 Å². The average molecular weight is 347 g/mol. The van der Waals surface area contributed by atoms with Crippen molar-refractivity contribution in [3.8, 4) is 5.75 Å². The van der Waals surface area contributed by atoms with Crippen molar-refractivity contribution >= 4 is 17.6 Å². The Labute approximate surface area is 135 Å². The Morgan fingerprint density at radius 2 is 2.00 bits per heavy atom. The van der Waals surface area contributed by atoms with Crippen molar-refractivity contribution in [2.75, 3.05) is 11.9 Å². The summed E-state index contributed by atoms with van der Waals surface area (Å²) in [6, 6.07) is 4.39. The zero-order valence-electron chi connectivity index (χ0n) is 12.7. The van der Waals surface area contributed by atoms with E-state index < -0.39 is 36.9 Å². The van der Waals surface area contributed by atoms with Gasteiger partial charge in [0, 0.05) is 0 Å². The molecule has 2 N–H and O–H groups in total. The van der Waals surface area contributed by atoms with Crippen LogP contribution in [0.2, 0.25) is 0 Å². The topological polar surface area (TPSA) is 84.9 Å². The van der Waals surface area contributed by atoms with Gasteiger partial charge in [-0.2, -0.15) is 13.2 Å². The van der Waals surface area contributed by atoms with E-state index in [1.54, 1.807) is 13.0 Å². The quantitative estimate of drug-likeness (QED) is 0.855. The molecule has 0 saturated carbocycles. The zero-order valence-corrected chi connectivity index (χ0v) is 12.7. The zero-order chi connectivity index (χ0) is 17.9. The molecule has 0 aliphatic carbocycles. The first kappa shape index (κ1) is 18.1. The maximum atomic E-state index is 12.3. The molecule has 2 rings (SSSR count). The summed E-state index contributed by atoms with van der Waals surface area (Å²) in [5.41, 5.74) is 0.727. The number of carbonyl (C=O) groups is 2. The van der Waals surface area contributed by atoms with Gasteiger partial charge in [0.15, 0.2) is 12.7 Å². The first-order valence-electron chi connectivity index (χ1n) is 7.15. The number of carbonyl (C=O) groups excluding carboxylic acids is 1. The van der Waals surface area contributed by atoms with Crippen molar-refractivity contribution in [2.24, 2.45) is 0 Å². The third kappa shape index (κ3) is 4.85. The molecule has 1 aromatic rings. The number of alkyl halides is 3. The normalized spacial score (nSPS) is 20.7. The van der Waals surface area contributed by atoms with E-state index in [1.165, 1.54) is 12.1 Å². The Bertz CT molecular complexity index is 632. The minimum atomic E-state index is -4.51. The maximum Gasteiger partial charge on any atom is 0.422 e. The summed E-state index contributed by atoms with van der Waals surface area (Å²) in [5, 5.41) is 11.3. The smallest absolute Gasteiger partial charge is 0.422 e. The van der Waals surface area contributed by atoms with Crippen LogP contribution in [0, 0.1) is 6.92 Å². The van der Waals surface area contributed by atoms with Crippen molar-refractivity contribution in [3.63, 3.8) is 0 Å². The van der Waals surface area contributed by atoms with Gasteiger partial charge in [-0.25, -0.2) is 4.79 Å². The lowest BCUT2D eigenvalue weighted by atomic mass is 10.1. The molecule has 1 aliphatic heterocycles. The molecule has 132 valence electrons. The average Bonchev–Trinajstić information content (AvgIpc) is 2.96. The van der Waals surface area contributed by atoms with Gasteiger partial charge in [0.05, 0.1) is 5.69 Å². The second kappa shape index (κ2) is 7.08. The molecule has 24 heavy (non-hydrogen) atoms. The molecule has 1 amide bonds. The monoisotopic (exact) mass is 347 g/mol. The van der Waals surface area contributed by atoms with E-state index in [9.17, 15) is 22.8 Å². The van der Waals surface area contributed by atoms with Crippen LogP contribution in [0.15, 0.2) is 18.2 Å². The largest absolute Gasteiger partial charge is 0.482 e. The van der Waals surface area contributed by atoms with E-state index in [1.807, 2.05) is 0 Å². The number of aryl methyl sites for hydroxylation is 1. The molecule has 2 atom stereocenters. The highest BCUT2D eigenvalue weighted by Gasteiger charge is 2.35. The number of hydrogen-bond donors (Lipinski definition) is 2. The number of amides is 1. The van der Waals surface area contributed by atoms with E-state index in [-0.39, 0.29) is 24.3 Å². The lowest BCUT2D eigenvalue weighted by Crippen LogP contribution is -2.30.